The molecule has 2 bridgehead atoms. The van der Waals surface area contributed by atoms with Crippen LogP contribution in [-0.4, -0.2) is 46.4 Å². The number of alkyl halides is 1. The average molecular weight is 410 g/mol. The van der Waals surface area contributed by atoms with Crippen LogP contribution in [-0.2, 0) is 0 Å². The molecule has 156 valence electrons. The zero-order valence-electron chi connectivity index (χ0n) is 16.8. The molecule has 4 heterocycles. The number of benzene rings is 1. The Bertz CT molecular complexity index is 1160. The Morgan fingerprint density at radius 2 is 2.10 bits per heavy atom. The molecule has 0 spiro atoms. The molecule has 3 aromatic rings. The van der Waals surface area contributed by atoms with Crippen LogP contribution >= 0.6 is 0 Å². The number of aromatic nitrogens is 2. The summed E-state index contributed by atoms with van der Waals surface area (Å²) < 4.78 is 20.4. The Morgan fingerprint density at radius 1 is 1.27 bits per heavy atom. The third-order valence-corrected chi connectivity index (χ3v) is 6.32. The number of hydrogen-bond acceptors (Lipinski definition) is 7. The molecule has 2 fully saturated rings. The van der Waals surface area contributed by atoms with Crippen molar-refractivity contribution in [3.05, 3.63) is 46.6 Å². The van der Waals surface area contributed by atoms with Crippen LogP contribution in [0.2, 0.25) is 0 Å². The summed E-state index contributed by atoms with van der Waals surface area (Å²) in [4.78, 5) is 23.0. The summed E-state index contributed by atoms with van der Waals surface area (Å²) >= 11 is 0. The summed E-state index contributed by atoms with van der Waals surface area (Å²) in [5, 5.41) is 14.1. The zero-order valence-corrected chi connectivity index (χ0v) is 16.8. The number of hydrogen-bond donors (Lipinski definition) is 2. The second-order valence-corrected chi connectivity index (χ2v) is 8.22. The van der Waals surface area contributed by atoms with Crippen LogP contribution in [0.1, 0.15) is 25.0 Å². The maximum Gasteiger partial charge on any atom is 0.196 e. The van der Waals surface area contributed by atoms with E-state index in [1.807, 2.05) is 11.9 Å². The fourth-order valence-corrected chi connectivity index (χ4v) is 4.72. The number of aryl methyl sites for hydroxylation is 1. The smallest absolute Gasteiger partial charge is 0.196 e. The Hall–Kier alpha value is -3.00. The van der Waals surface area contributed by atoms with Crippen molar-refractivity contribution < 1.29 is 13.9 Å². The first-order valence-corrected chi connectivity index (χ1v) is 10.1. The Kier molecular flexibility index (Phi) is 4.47. The van der Waals surface area contributed by atoms with Crippen molar-refractivity contribution in [2.75, 3.05) is 11.9 Å². The molecule has 0 radical (unpaired) electrons. The van der Waals surface area contributed by atoms with Crippen LogP contribution in [0.3, 0.4) is 0 Å². The second kappa shape index (κ2) is 7.05. The molecule has 2 aliphatic heterocycles. The molecule has 2 unspecified atom stereocenters. The van der Waals surface area contributed by atoms with E-state index in [9.17, 15) is 14.3 Å². The molecule has 2 N–H and O–H groups in total. The summed E-state index contributed by atoms with van der Waals surface area (Å²) in [5.74, 6) is 0.864. The van der Waals surface area contributed by atoms with Gasteiger partial charge in [0.2, 0.25) is 0 Å². The van der Waals surface area contributed by atoms with Crippen molar-refractivity contribution in [2.24, 2.45) is 0 Å². The standard InChI is InChI=1S/C22H23FN4O3/c1-11-7-17(28)20-18(30-11)6-4-13(22(20)29)15-9-25-19(10-24-15)27(2)16-8-12-3-5-14(26-12)21(16)23/h4,6-7,9-10,12,14,16,21,26,29H,3,5,8H2,1-2H3/t12?,14?,16-,21+/m0/s1. The number of phenolic OH excluding ortho intramolecular Hbond substituents is 1. The molecular formula is C22H23FN4O3. The summed E-state index contributed by atoms with van der Waals surface area (Å²) in [6.45, 7) is 1.68. The maximum atomic E-state index is 14.9. The minimum Gasteiger partial charge on any atom is -0.506 e. The van der Waals surface area contributed by atoms with E-state index in [4.69, 9.17) is 4.42 Å². The third-order valence-electron chi connectivity index (χ3n) is 6.32. The van der Waals surface area contributed by atoms with Gasteiger partial charge in [-0.2, -0.15) is 0 Å². The molecule has 2 saturated heterocycles. The van der Waals surface area contributed by atoms with E-state index in [0.717, 1.165) is 19.3 Å². The number of halogens is 1. The van der Waals surface area contributed by atoms with Gasteiger partial charge in [-0.15, -0.1) is 0 Å². The lowest BCUT2D eigenvalue weighted by molar-refractivity contribution is 0.176. The van der Waals surface area contributed by atoms with Gasteiger partial charge in [-0.1, -0.05) is 0 Å². The van der Waals surface area contributed by atoms with Gasteiger partial charge in [-0.3, -0.25) is 9.78 Å². The van der Waals surface area contributed by atoms with Gasteiger partial charge in [-0.05, 0) is 38.3 Å². The average Bonchev–Trinajstić information content (AvgIpc) is 3.14. The fourth-order valence-electron chi connectivity index (χ4n) is 4.72. The van der Waals surface area contributed by atoms with Gasteiger partial charge in [0.15, 0.2) is 5.43 Å². The Balaban J connectivity index is 1.45. The van der Waals surface area contributed by atoms with Crippen LogP contribution < -0.4 is 15.6 Å². The van der Waals surface area contributed by atoms with Gasteiger partial charge < -0.3 is 19.7 Å². The predicted molar refractivity (Wildman–Crippen MR) is 112 cm³/mol. The fraction of sp³-hybridized carbons (Fsp3) is 0.409. The molecule has 0 saturated carbocycles. The zero-order chi connectivity index (χ0) is 21.0. The lowest BCUT2D eigenvalue weighted by atomic mass is 9.96. The first-order valence-electron chi connectivity index (χ1n) is 10.1. The monoisotopic (exact) mass is 410 g/mol. The molecule has 0 amide bonds. The van der Waals surface area contributed by atoms with E-state index in [1.165, 1.54) is 12.3 Å². The highest BCUT2D eigenvalue weighted by Gasteiger charge is 2.43. The van der Waals surface area contributed by atoms with Gasteiger partial charge in [0, 0.05) is 30.8 Å². The Labute approximate surface area is 172 Å². The van der Waals surface area contributed by atoms with Gasteiger partial charge in [0.25, 0.3) is 0 Å². The quantitative estimate of drug-likeness (QED) is 0.686. The molecular weight excluding hydrogens is 387 g/mol. The molecule has 1 aromatic carbocycles. The first-order chi connectivity index (χ1) is 14.4. The van der Waals surface area contributed by atoms with E-state index in [1.54, 1.807) is 25.3 Å². The van der Waals surface area contributed by atoms with Crippen molar-refractivity contribution in [1.29, 1.82) is 0 Å². The van der Waals surface area contributed by atoms with Crippen molar-refractivity contribution in [2.45, 2.75) is 50.5 Å². The third kappa shape index (κ3) is 3.02. The number of rotatable bonds is 3. The van der Waals surface area contributed by atoms with Crippen LogP contribution in [0.5, 0.6) is 5.75 Å². The van der Waals surface area contributed by atoms with Crippen LogP contribution in [0, 0.1) is 6.92 Å². The van der Waals surface area contributed by atoms with E-state index in [2.05, 4.69) is 15.3 Å². The van der Waals surface area contributed by atoms with Crippen molar-refractivity contribution in [1.82, 2.24) is 15.3 Å². The summed E-state index contributed by atoms with van der Waals surface area (Å²) in [7, 11) is 1.84. The number of anilines is 1. The molecule has 2 aliphatic rings. The summed E-state index contributed by atoms with van der Waals surface area (Å²) in [6, 6.07) is 4.65. The molecule has 0 aliphatic carbocycles. The highest BCUT2D eigenvalue weighted by molar-refractivity contribution is 5.90. The maximum absolute atomic E-state index is 14.9. The van der Waals surface area contributed by atoms with Crippen molar-refractivity contribution >= 4 is 16.8 Å². The van der Waals surface area contributed by atoms with E-state index < -0.39 is 6.17 Å². The van der Waals surface area contributed by atoms with Gasteiger partial charge in [-0.25, -0.2) is 9.37 Å². The first kappa shape index (κ1) is 19.0. The summed E-state index contributed by atoms with van der Waals surface area (Å²) in [5.41, 5.74) is 0.823. The Morgan fingerprint density at radius 3 is 2.87 bits per heavy atom. The predicted octanol–water partition coefficient (Wildman–Crippen LogP) is 2.93. The molecule has 8 heteroatoms. The highest BCUT2D eigenvalue weighted by Crippen LogP contribution is 2.35. The minimum atomic E-state index is -0.956. The normalized spacial score (nSPS) is 25.6. The van der Waals surface area contributed by atoms with Gasteiger partial charge in [0.05, 0.1) is 24.1 Å². The SMILES string of the molecule is Cc1cc(=O)c2c(O)c(-c3cnc(N(C)[C@H]4CC5CCC(N5)[C@H]4F)cn3)ccc2o1. The lowest BCUT2D eigenvalue weighted by Crippen LogP contribution is -2.55. The number of nitrogens with one attached hydrogen (secondary N) is 1. The van der Waals surface area contributed by atoms with Crippen LogP contribution in [0.15, 0.2) is 39.8 Å². The number of nitrogens with zero attached hydrogens (tertiary/aromatic N) is 3. The van der Waals surface area contributed by atoms with Crippen molar-refractivity contribution in [3.8, 4) is 17.0 Å². The number of phenols is 1. The minimum absolute atomic E-state index is 0.0895. The van der Waals surface area contributed by atoms with E-state index >= 15 is 0 Å². The largest absolute Gasteiger partial charge is 0.506 e. The molecule has 2 aromatic heterocycles. The van der Waals surface area contributed by atoms with E-state index in [-0.39, 0.29) is 28.6 Å². The van der Waals surface area contributed by atoms with E-state index in [0.29, 0.717) is 34.5 Å². The molecule has 5 rings (SSSR count). The highest BCUT2D eigenvalue weighted by atomic mass is 19.1. The second-order valence-electron chi connectivity index (χ2n) is 8.22. The van der Waals surface area contributed by atoms with Gasteiger partial charge >= 0.3 is 0 Å². The van der Waals surface area contributed by atoms with Gasteiger partial charge in [0.1, 0.15) is 34.5 Å². The lowest BCUT2D eigenvalue weighted by Gasteiger charge is -2.38. The summed E-state index contributed by atoms with van der Waals surface area (Å²) in [6.07, 6.45) is 4.77. The van der Waals surface area contributed by atoms with Crippen molar-refractivity contribution in [3.63, 3.8) is 0 Å². The number of piperidine rings is 1. The topological polar surface area (TPSA) is 91.5 Å². The molecule has 7 nitrogen and oxygen atoms in total. The van der Waals surface area contributed by atoms with Crippen LogP contribution in [0.25, 0.3) is 22.2 Å². The molecule has 4 atom stereocenters. The number of fused-ring (bicyclic) bond motifs is 3. The number of aromatic hydroxyl groups is 1. The van der Waals surface area contributed by atoms with Crippen LogP contribution in [0.4, 0.5) is 10.2 Å². The molecule has 30 heavy (non-hydrogen) atoms.